The van der Waals surface area contributed by atoms with E-state index in [-0.39, 0.29) is 0 Å². The van der Waals surface area contributed by atoms with Crippen molar-refractivity contribution >= 4 is 11.4 Å². The third-order valence-electron chi connectivity index (χ3n) is 3.96. The Morgan fingerprint density at radius 3 is 2.80 bits per heavy atom. The second-order valence-electron chi connectivity index (χ2n) is 5.24. The Balaban J connectivity index is 1.64. The summed E-state index contributed by atoms with van der Waals surface area (Å²) in [6, 6.07) is 12.3. The Bertz CT molecular complexity index is 670. The van der Waals surface area contributed by atoms with Crippen LogP contribution in [0.2, 0.25) is 0 Å². The molecular weight excluding hydrogens is 252 g/mol. The number of nitrogens with two attached hydrogens (primary N) is 1. The normalized spacial score (nSPS) is 16.1. The maximum atomic E-state index is 5.88. The summed E-state index contributed by atoms with van der Waals surface area (Å²) in [5.74, 6) is 1.66. The lowest BCUT2D eigenvalue weighted by atomic mass is 9.98. The van der Waals surface area contributed by atoms with Gasteiger partial charge in [0.05, 0.1) is 0 Å². The van der Waals surface area contributed by atoms with Gasteiger partial charge in [-0.1, -0.05) is 6.07 Å². The van der Waals surface area contributed by atoms with Crippen LogP contribution in [0.5, 0.6) is 11.5 Å². The molecule has 102 valence electrons. The summed E-state index contributed by atoms with van der Waals surface area (Å²) in [5, 5.41) is 0. The molecule has 4 rings (SSSR count). The van der Waals surface area contributed by atoms with E-state index in [2.05, 4.69) is 29.2 Å². The molecule has 2 aliphatic rings. The Morgan fingerprint density at radius 1 is 0.950 bits per heavy atom. The minimum atomic E-state index is 0.318. The van der Waals surface area contributed by atoms with E-state index in [0.717, 1.165) is 36.7 Å². The van der Waals surface area contributed by atoms with Crippen molar-refractivity contribution < 1.29 is 9.47 Å². The predicted octanol–water partition coefficient (Wildman–Crippen LogP) is 2.56. The highest BCUT2D eigenvalue weighted by Crippen LogP contribution is 2.36. The fraction of sp³-hybridized carbons (Fsp3) is 0.250. The van der Waals surface area contributed by atoms with Crippen molar-refractivity contribution in [3.63, 3.8) is 0 Å². The highest BCUT2D eigenvalue weighted by Gasteiger charge is 2.20. The van der Waals surface area contributed by atoms with E-state index in [9.17, 15) is 0 Å². The Kier molecular flexibility index (Phi) is 2.49. The molecule has 0 amide bonds. The molecule has 2 aliphatic heterocycles. The van der Waals surface area contributed by atoms with E-state index < -0.39 is 0 Å². The lowest BCUT2D eigenvalue weighted by molar-refractivity contribution is 0.174. The van der Waals surface area contributed by atoms with Crippen LogP contribution < -0.4 is 20.1 Å². The molecule has 4 heteroatoms. The molecule has 0 aromatic heterocycles. The molecule has 0 unspecified atom stereocenters. The average molecular weight is 268 g/mol. The van der Waals surface area contributed by atoms with Crippen molar-refractivity contribution in [2.75, 3.05) is 24.0 Å². The highest BCUT2D eigenvalue weighted by molar-refractivity contribution is 5.59. The Morgan fingerprint density at radius 2 is 1.85 bits per heavy atom. The number of rotatable bonds is 1. The van der Waals surface area contributed by atoms with Gasteiger partial charge < -0.3 is 20.1 Å². The van der Waals surface area contributed by atoms with Crippen LogP contribution in [0, 0.1) is 0 Å². The molecule has 0 radical (unpaired) electrons. The van der Waals surface area contributed by atoms with Gasteiger partial charge in [-0.2, -0.15) is 0 Å². The largest absolute Gasteiger partial charge is 0.454 e. The van der Waals surface area contributed by atoms with Gasteiger partial charge in [-0.15, -0.1) is 0 Å². The monoisotopic (exact) mass is 268 g/mol. The molecule has 0 saturated heterocycles. The number of fused-ring (bicyclic) bond motifs is 2. The quantitative estimate of drug-likeness (QED) is 0.807. The summed E-state index contributed by atoms with van der Waals surface area (Å²) in [6.45, 7) is 2.22. The number of hydrogen-bond acceptors (Lipinski definition) is 4. The minimum absolute atomic E-state index is 0.318. The molecule has 4 nitrogen and oxygen atoms in total. The summed E-state index contributed by atoms with van der Waals surface area (Å²) >= 11 is 0. The fourth-order valence-corrected chi connectivity index (χ4v) is 2.88. The zero-order valence-corrected chi connectivity index (χ0v) is 11.1. The van der Waals surface area contributed by atoms with Gasteiger partial charge in [0.2, 0.25) is 6.79 Å². The van der Waals surface area contributed by atoms with Crippen molar-refractivity contribution in [1.82, 2.24) is 0 Å². The molecule has 2 aromatic carbocycles. The minimum Gasteiger partial charge on any atom is -0.454 e. The molecule has 2 aromatic rings. The first-order valence-electron chi connectivity index (χ1n) is 6.81. The third-order valence-corrected chi connectivity index (χ3v) is 3.96. The van der Waals surface area contributed by atoms with Crippen molar-refractivity contribution in [3.05, 3.63) is 47.5 Å². The SMILES string of the molecule is Nc1ccc2c(c1)CN(c1ccc3c(c1)OCO3)CC2. The van der Waals surface area contributed by atoms with E-state index in [4.69, 9.17) is 15.2 Å². The van der Waals surface area contributed by atoms with E-state index >= 15 is 0 Å². The van der Waals surface area contributed by atoms with Crippen LogP contribution in [0.1, 0.15) is 11.1 Å². The second-order valence-corrected chi connectivity index (χ2v) is 5.24. The van der Waals surface area contributed by atoms with Crippen LogP contribution in [-0.2, 0) is 13.0 Å². The van der Waals surface area contributed by atoms with Crippen LogP contribution in [0.4, 0.5) is 11.4 Å². The van der Waals surface area contributed by atoms with Crippen molar-refractivity contribution in [1.29, 1.82) is 0 Å². The van der Waals surface area contributed by atoms with E-state index in [0.29, 0.717) is 6.79 Å². The lowest BCUT2D eigenvalue weighted by Crippen LogP contribution is -2.30. The molecule has 0 aliphatic carbocycles. The van der Waals surface area contributed by atoms with Crippen LogP contribution in [0.25, 0.3) is 0 Å². The molecule has 0 atom stereocenters. The van der Waals surface area contributed by atoms with E-state index in [1.54, 1.807) is 0 Å². The standard InChI is InChI=1S/C16H16N2O2/c17-13-2-1-11-5-6-18(9-12(11)7-13)14-3-4-15-16(8-14)20-10-19-15/h1-4,7-8H,5-6,9-10,17H2. The van der Waals surface area contributed by atoms with E-state index in [1.165, 1.54) is 16.8 Å². The number of benzene rings is 2. The van der Waals surface area contributed by atoms with Gasteiger partial charge >= 0.3 is 0 Å². The molecule has 0 spiro atoms. The van der Waals surface area contributed by atoms with Gasteiger partial charge in [-0.05, 0) is 41.8 Å². The number of nitrogen functional groups attached to an aromatic ring is 1. The average Bonchev–Trinajstić information content (AvgIpc) is 2.93. The first kappa shape index (κ1) is 11.5. The summed E-state index contributed by atoms with van der Waals surface area (Å²) in [7, 11) is 0. The summed E-state index contributed by atoms with van der Waals surface area (Å²) in [6.07, 6.45) is 1.05. The molecule has 0 saturated carbocycles. The molecule has 2 N–H and O–H groups in total. The zero-order valence-electron chi connectivity index (χ0n) is 11.1. The first-order chi connectivity index (χ1) is 9.79. The van der Waals surface area contributed by atoms with Gasteiger partial charge in [0.1, 0.15) is 0 Å². The molecule has 2 heterocycles. The van der Waals surface area contributed by atoms with Crippen LogP contribution >= 0.6 is 0 Å². The van der Waals surface area contributed by atoms with Crippen LogP contribution in [0.3, 0.4) is 0 Å². The fourth-order valence-electron chi connectivity index (χ4n) is 2.88. The maximum absolute atomic E-state index is 5.88. The molecule has 20 heavy (non-hydrogen) atoms. The van der Waals surface area contributed by atoms with Crippen LogP contribution in [-0.4, -0.2) is 13.3 Å². The summed E-state index contributed by atoms with van der Waals surface area (Å²) in [4.78, 5) is 2.35. The number of hydrogen-bond donors (Lipinski definition) is 1. The Hall–Kier alpha value is -2.36. The van der Waals surface area contributed by atoms with Gasteiger partial charge in [-0.3, -0.25) is 0 Å². The lowest BCUT2D eigenvalue weighted by Gasteiger charge is -2.31. The first-order valence-corrected chi connectivity index (χ1v) is 6.81. The number of anilines is 2. The van der Waals surface area contributed by atoms with Gasteiger partial charge in [0, 0.05) is 30.5 Å². The third kappa shape index (κ3) is 1.84. The second kappa shape index (κ2) is 4.34. The summed E-state index contributed by atoms with van der Waals surface area (Å²) in [5.41, 5.74) is 10.6. The Labute approximate surface area is 117 Å². The van der Waals surface area contributed by atoms with Gasteiger partial charge in [0.15, 0.2) is 11.5 Å². The van der Waals surface area contributed by atoms with Gasteiger partial charge in [-0.25, -0.2) is 0 Å². The van der Waals surface area contributed by atoms with Gasteiger partial charge in [0.25, 0.3) is 0 Å². The molecule has 0 fully saturated rings. The smallest absolute Gasteiger partial charge is 0.231 e. The summed E-state index contributed by atoms with van der Waals surface area (Å²) < 4.78 is 10.8. The van der Waals surface area contributed by atoms with Crippen molar-refractivity contribution in [3.8, 4) is 11.5 Å². The topological polar surface area (TPSA) is 47.7 Å². The van der Waals surface area contributed by atoms with E-state index in [1.807, 2.05) is 12.1 Å². The van der Waals surface area contributed by atoms with Crippen molar-refractivity contribution in [2.24, 2.45) is 0 Å². The van der Waals surface area contributed by atoms with Crippen molar-refractivity contribution in [2.45, 2.75) is 13.0 Å². The predicted molar refractivity (Wildman–Crippen MR) is 78.2 cm³/mol. The number of ether oxygens (including phenoxy) is 2. The highest BCUT2D eigenvalue weighted by atomic mass is 16.7. The maximum Gasteiger partial charge on any atom is 0.231 e. The molecular formula is C16H16N2O2. The molecule has 0 bridgehead atoms. The van der Waals surface area contributed by atoms with Crippen LogP contribution in [0.15, 0.2) is 36.4 Å². The zero-order chi connectivity index (χ0) is 13.5. The number of nitrogens with zero attached hydrogens (tertiary/aromatic N) is 1.